The van der Waals surface area contributed by atoms with E-state index in [1.807, 2.05) is 47.3 Å². The fourth-order valence-corrected chi connectivity index (χ4v) is 2.20. The molecule has 4 nitrogen and oxygen atoms in total. The lowest BCUT2D eigenvalue weighted by molar-refractivity contribution is 0.162. The lowest BCUT2D eigenvalue weighted by Gasteiger charge is -2.02. The number of hydrogen-bond donors (Lipinski definition) is 0. The van der Waals surface area contributed by atoms with Gasteiger partial charge in [-0.05, 0) is 26.0 Å². The molecule has 1 heterocycles. The van der Waals surface area contributed by atoms with E-state index in [1.54, 1.807) is 6.92 Å². The molecule has 1 amide bonds. The Hall–Kier alpha value is -1.88. The first-order chi connectivity index (χ1) is 8.70. The van der Waals surface area contributed by atoms with E-state index in [-0.39, 0.29) is 0 Å². The molecule has 0 radical (unpaired) electrons. The number of benzene rings is 1. The third-order valence-electron chi connectivity index (χ3n) is 2.36. The molecular weight excluding hydrogens is 248 g/mol. The van der Waals surface area contributed by atoms with Gasteiger partial charge in [0, 0.05) is 17.3 Å². The fraction of sp³-hybridized carbons (Fsp3) is 0.231. The molecule has 0 aliphatic carbocycles. The van der Waals surface area contributed by atoms with E-state index in [0.29, 0.717) is 11.4 Å². The summed E-state index contributed by atoms with van der Waals surface area (Å²) in [7, 11) is 0. The van der Waals surface area contributed by atoms with Crippen molar-refractivity contribution < 1.29 is 9.53 Å². The fourth-order valence-electron chi connectivity index (χ4n) is 1.49. The van der Waals surface area contributed by atoms with Crippen molar-refractivity contribution in [3.8, 4) is 5.69 Å². The maximum atomic E-state index is 11.4. The molecule has 0 N–H and O–H groups in total. The van der Waals surface area contributed by atoms with Gasteiger partial charge in [0.05, 0.1) is 6.61 Å². The molecule has 18 heavy (non-hydrogen) atoms. The van der Waals surface area contributed by atoms with Crippen LogP contribution in [0.1, 0.15) is 12.5 Å². The molecule has 0 aliphatic rings. The van der Waals surface area contributed by atoms with Gasteiger partial charge in [-0.1, -0.05) is 17.7 Å². The van der Waals surface area contributed by atoms with Crippen molar-refractivity contribution in [1.29, 1.82) is 0 Å². The summed E-state index contributed by atoms with van der Waals surface area (Å²) in [5.41, 5.74) is 2.17. The van der Waals surface area contributed by atoms with E-state index in [4.69, 9.17) is 4.74 Å². The van der Waals surface area contributed by atoms with E-state index in [0.717, 1.165) is 5.69 Å². The van der Waals surface area contributed by atoms with Crippen molar-refractivity contribution >= 4 is 17.4 Å². The van der Waals surface area contributed by atoms with Crippen LogP contribution in [0.4, 0.5) is 4.79 Å². The number of ether oxygens (including phenoxy) is 1. The van der Waals surface area contributed by atoms with Gasteiger partial charge < -0.3 is 4.74 Å². The molecule has 0 fully saturated rings. The van der Waals surface area contributed by atoms with Gasteiger partial charge in [-0.3, -0.25) is 4.57 Å². The summed E-state index contributed by atoms with van der Waals surface area (Å²) in [6.07, 6.45) is 1.33. The third-order valence-corrected chi connectivity index (χ3v) is 3.11. The van der Waals surface area contributed by atoms with Crippen molar-refractivity contribution in [2.45, 2.75) is 13.8 Å². The average molecular weight is 262 g/mol. The molecule has 0 saturated carbocycles. The van der Waals surface area contributed by atoms with Gasteiger partial charge in [-0.15, -0.1) is 16.3 Å². The molecule has 0 aliphatic heterocycles. The van der Waals surface area contributed by atoms with Crippen LogP contribution in [0.15, 0.2) is 40.8 Å². The van der Waals surface area contributed by atoms with Gasteiger partial charge in [-0.2, -0.15) is 0 Å². The van der Waals surface area contributed by atoms with Gasteiger partial charge in [0.2, 0.25) is 4.80 Å². The Morgan fingerprint density at radius 2 is 2.11 bits per heavy atom. The second-order valence-corrected chi connectivity index (χ2v) is 4.57. The van der Waals surface area contributed by atoms with Crippen molar-refractivity contribution in [3.05, 3.63) is 46.2 Å². The van der Waals surface area contributed by atoms with Gasteiger partial charge in [0.1, 0.15) is 0 Å². The SMILES string of the molecule is CCOC(=O)N=c1sccn1-c1ccc(C)cc1. The predicted octanol–water partition coefficient (Wildman–Crippen LogP) is 2.90. The zero-order valence-corrected chi connectivity index (χ0v) is 11.1. The lowest BCUT2D eigenvalue weighted by atomic mass is 10.2. The van der Waals surface area contributed by atoms with E-state index in [9.17, 15) is 4.79 Å². The molecule has 0 saturated heterocycles. The van der Waals surface area contributed by atoms with Crippen LogP contribution in [0.25, 0.3) is 5.69 Å². The van der Waals surface area contributed by atoms with Crippen molar-refractivity contribution in [3.63, 3.8) is 0 Å². The second kappa shape index (κ2) is 5.64. The van der Waals surface area contributed by atoms with Gasteiger partial charge >= 0.3 is 6.09 Å². The zero-order valence-electron chi connectivity index (χ0n) is 10.3. The summed E-state index contributed by atoms with van der Waals surface area (Å²) in [5, 5.41) is 1.89. The Morgan fingerprint density at radius 1 is 1.39 bits per heavy atom. The topological polar surface area (TPSA) is 43.6 Å². The number of rotatable bonds is 2. The average Bonchev–Trinajstić information content (AvgIpc) is 2.78. The largest absolute Gasteiger partial charge is 0.448 e. The van der Waals surface area contributed by atoms with Crippen LogP contribution in [-0.2, 0) is 4.74 Å². The number of thiazole rings is 1. The van der Waals surface area contributed by atoms with E-state index >= 15 is 0 Å². The monoisotopic (exact) mass is 262 g/mol. The Bertz CT molecular complexity index is 596. The summed E-state index contributed by atoms with van der Waals surface area (Å²) in [6.45, 7) is 4.13. The maximum absolute atomic E-state index is 11.4. The molecule has 1 aromatic heterocycles. The molecular formula is C13H14N2O2S. The standard InChI is InChI=1S/C13H14N2O2S/c1-3-17-13(16)14-12-15(8-9-18-12)11-6-4-10(2)5-7-11/h4-9H,3H2,1-2H3. The Morgan fingerprint density at radius 3 is 2.78 bits per heavy atom. The minimum absolute atomic E-state index is 0.332. The number of amides is 1. The highest BCUT2D eigenvalue weighted by atomic mass is 32.1. The predicted molar refractivity (Wildman–Crippen MR) is 71.0 cm³/mol. The van der Waals surface area contributed by atoms with E-state index in [2.05, 4.69) is 4.99 Å². The van der Waals surface area contributed by atoms with Crippen LogP contribution in [0.5, 0.6) is 0 Å². The van der Waals surface area contributed by atoms with Gasteiger partial charge in [0.25, 0.3) is 0 Å². The van der Waals surface area contributed by atoms with Crippen LogP contribution in [-0.4, -0.2) is 17.3 Å². The summed E-state index contributed by atoms with van der Waals surface area (Å²) >= 11 is 1.40. The first-order valence-corrected chi connectivity index (χ1v) is 6.53. The van der Waals surface area contributed by atoms with Crippen molar-refractivity contribution in [2.75, 3.05) is 6.61 Å². The molecule has 2 rings (SSSR count). The summed E-state index contributed by atoms with van der Waals surface area (Å²) in [4.78, 5) is 15.9. The number of aromatic nitrogens is 1. The Kier molecular flexibility index (Phi) is 3.94. The van der Waals surface area contributed by atoms with Crippen LogP contribution < -0.4 is 4.80 Å². The van der Waals surface area contributed by atoms with E-state index in [1.165, 1.54) is 16.9 Å². The normalized spacial score (nSPS) is 11.6. The van der Waals surface area contributed by atoms with Crippen molar-refractivity contribution in [1.82, 2.24) is 4.57 Å². The minimum Gasteiger partial charge on any atom is -0.448 e. The molecule has 2 aromatic rings. The Labute approximate surface area is 109 Å². The first kappa shape index (κ1) is 12.6. The smallest absolute Gasteiger partial charge is 0.436 e. The number of hydrogen-bond acceptors (Lipinski definition) is 3. The zero-order chi connectivity index (χ0) is 13.0. The molecule has 0 spiro atoms. The highest BCUT2D eigenvalue weighted by Gasteiger charge is 2.02. The molecule has 0 bridgehead atoms. The second-order valence-electron chi connectivity index (χ2n) is 3.70. The van der Waals surface area contributed by atoms with Crippen LogP contribution in [0, 0.1) is 6.92 Å². The summed E-state index contributed by atoms with van der Waals surface area (Å²) in [5.74, 6) is 0. The van der Waals surface area contributed by atoms with Crippen LogP contribution in [0.2, 0.25) is 0 Å². The summed E-state index contributed by atoms with van der Waals surface area (Å²) in [6, 6.07) is 8.03. The lowest BCUT2D eigenvalue weighted by Crippen LogP contribution is -2.15. The molecule has 1 aromatic carbocycles. The van der Waals surface area contributed by atoms with Gasteiger partial charge in [-0.25, -0.2) is 4.79 Å². The molecule has 0 unspecified atom stereocenters. The van der Waals surface area contributed by atoms with Gasteiger partial charge in [0.15, 0.2) is 0 Å². The minimum atomic E-state index is -0.555. The number of carbonyl (C=O) groups excluding carboxylic acids is 1. The molecule has 5 heteroatoms. The summed E-state index contributed by atoms with van der Waals surface area (Å²) < 4.78 is 6.68. The van der Waals surface area contributed by atoms with Crippen molar-refractivity contribution in [2.24, 2.45) is 4.99 Å². The third kappa shape index (κ3) is 2.87. The van der Waals surface area contributed by atoms with E-state index < -0.39 is 6.09 Å². The highest BCUT2D eigenvalue weighted by Crippen LogP contribution is 2.08. The number of aryl methyl sites for hydroxylation is 1. The first-order valence-electron chi connectivity index (χ1n) is 5.65. The number of carbonyl (C=O) groups is 1. The maximum Gasteiger partial charge on any atom is 0.436 e. The molecule has 94 valence electrons. The quantitative estimate of drug-likeness (QED) is 0.835. The Balaban J connectivity index is 2.39. The number of nitrogens with zero attached hydrogens (tertiary/aromatic N) is 2. The van der Waals surface area contributed by atoms with Crippen LogP contribution >= 0.6 is 11.3 Å². The molecule has 0 atom stereocenters. The van der Waals surface area contributed by atoms with Crippen LogP contribution in [0.3, 0.4) is 0 Å². The highest BCUT2D eigenvalue weighted by molar-refractivity contribution is 7.07.